The van der Waals surface area contributed by atoms with Crippen LogP contribution in [-0.4, -0.2) is 22.4 Å². The molecule has 2 aromatic carbocycles. The SMILES string of the molecule is O=C(NCCCc1nc2ccccc2s1)c1ccccc1[N+](=O)[O-]. The van der Waals surface area contributed by atoms with Crippen LogP contribution in [-0.2, 0) is 6.42 Å². The number of fused-ring (bicyclic) bond motifs is 1. The lowest BCUT2D eigenvalue weighted by Gasteiger charge is -2.05. The van der Waals surface area contributed by atoms with Gasteiger partial charge >= 0.3 is 0 Å². The van der Waals surface area contributed by atoms with Gasteiger partial charge in [0.1, 0.15) is 5.56 Å². The predicted octanol–water partition coefficient (Wildman–Crippen LogP) is 3.57. The average molecular weight is 341 g/mol. The zero-order chi connectivity index (χ0) is 16.9. The van der Waals surface area contributed by atoms with Crippen LogP contribution in [0.4, 0.5) is 5.69 Å². The van der Waals surface area contributed by atoms with Gasteiger partial charge in [-0.2, -0.15) is 0 Å². The Morgan fingerprint density at radius 2 is 1.92 bits per heavy atom. The number of aryl methyl sites for hydroxylation is 1. The quantitative estimate of drug-likeness (QED) is 0.422. The number of nitro benzene ring substituents is 1. The third-order valence-corrected chi connectivity index (χ3v) is 4.63. The number of thiazole rings is 1. The molecule has 0 atom stereocenters. The van der Waals surface area contributed by atoms with E-state index in [4.69, 9.17) is 0 Å². The van der Waals surface area contributed by atoms with Crippen molar-refractivity contribution in [2.45, 2.75) is 12.8 Å². The molecule has 3 aromatic rings. The number of para-hydroxylation sites is 2. The molecular formula is C17H15N3O3S. The Balaban J connectivity index is 1.55. The average Bonchev–Trinajstić information content (AvgIpc) is 3.01. The number of nitrogens with one attached hydrogen (secondary N) is 1. The van der Waals surface area contributed by atoms with Crippen LogP contribution in [0.2, 0.25) is 0 Å². The first-order chi connectivity index (χ1) is 11.6. The van der Waals surface area contributed by atoms with Crippen molar-refractivity contribution in [1.29, 1.82) is 0 Å². The fraction of sp³-hybridized carbons (Fsp3) is 0.176. The molecule has 122 valence electrons. The van der Waals surface area contributed by atoms with Crippen molar-refractivity contribution < 1.29 is 9.72 Å². The van der Waals surface area contributed by atoms with Crippen molar-refractivity contribution in [3.05, 3.63) is 69.2 Å². The summed E-state index contributed by atoms with van der Waals surface area (Å²) < 4.78 is 1.15. The van der Waals surface area contributed by atoms with E-state index in [1.54, 1.807) is 23.5 Å². The van der Waals surface area contributed by atoms with Crippen molar-refractivity contribution in [2.75, 3.05) is 6.54 Å². The van der Waals surface area contributed by atoms with Gasteiger partial charge in [-0.1, -0.05) is 24.3 Å². The van der Waals surface area contributed by atoms with Crippen LogP contribution < -0.4 is 5.32 Å². The Bertz CT molecular complexity index is 858. The summed E-state index contributed by atoms with van der Waals surface area (Å²) in [5, 5.41) is 14.7. The summed E-state index contributed by atoms with van der Waals surface area (Å²) in [4.78, 5) is 27.0. The first-order valence-electron chi connectivity index (χ1n) is 7.51. The van der Waals surface area contributed by atoms with Crippen LogP contribution >= 0.6 is 11.3 Å². The summed E-state index contributed by atoms with van der Waals surface area (Å²) in [6.45, 7) is 0.445. The lowest BCUT2D eigenvalue weighted by Crippen LogP contribution is -2.25. The smallest absolute Gasteiger partial charge is 0.282 e. The molecule has 0 radical (unpaired) electrons. The molecule has 0 fully saturated rings. The molecule has 1 amide bonds. The number of carbonyl (C=O) groups excluding carboxylic acids is 1. The van der Waals surface area contributed by atoms with E-state index < -0.39 is 10.8 Å². The number of nitro groups is 1. The summed E-state index contributed by atoms with van der Waals surface area (Å²) in [7, 11) is 0. The predicted molar refractivity (Wildman–Crippen MR) is 93.4 cm³/mol. The highest BCUT2D eigenvalue weighted by Crippen LogP contribution is 2.22. The van der Waals surface area contributed by atoms with Gasteiger partial charge in [-0.3, -0.25) is 14.9 Å². The minimum absolute atomic E-state index is 0.0856. The zero-order valence-corrected chi connectivity index (χ0v) is 13.6. The third-order valence-electron chi connectivity index (χ3n) is 3.54. The van der Waals surface area contributed by atoms with Crippen LogP contribution in [0.5, 0.6) is 0 Å². The van der Waals surface area contributed by atoms with E-state index >= 15 is 0 Å². The van der Waals surface area contributed by atoms with Gasteiger partial charge in [0.15, 0.2) is 0 Å². The highest BCUT2D eigenvalue weighted by Gasteiger charge is 2.18. The summed E-state index contributed by atoms with van der Waals surface area (Å²) in [5.41, 5.74) is 0.894. The normalized spacial score (nSPS) is 10.7. The molecule has 3 rings (SSSR count). The lowest BCUT2D eigenvalue weighted by molar-refractivity contribution is -0.385. The Kier molecular flexibility index (Phi) is 4.81. The third kappa shape index (κ3) is 3.57. The molecule has 7 heteroatoms. The molecule has 1 heterocycles. The maximum Gasteiger partial charge on any atom is 0.282 e. The molecule has 0 aliphatic heterocycles. The maximum atomic E-state index is 12.1. The van der Waals surface area contributed by atoms with E-state index in [0.717, 1.165) is 28.1 Å². The number of hydrogen-bond acceptors (Lipinski definition) is 5. The van der Waals surface area contributed by atoms with Gasteiger partial charge in [0.05, 0.1) is 20.1 Å². The van der Waals surface area contributed by atoms with E-state index in [2.05, 4.69) is 10.3 Å². The Morgan fingerprint density at radius 3 is 2.71 bits per heavy atom. The number of benzene rings is 2. The molecule has 0 aliphatic carbocycles. The van der Waals surface area contributed by atoms with Crippen LogP contribution in [0.3, 0.4) is 0 Å². The first kappa shape index (κ1) is 16.1. The molecular weight excluding hydrogens is 326 g/mol. The number of hydrogen-bond donors (Lipinski definition) is 1. The van der Waals surface area contributed by atoms with Crippen LogP contribution in [0, 0.1) is 10.1 Å². The summed E-state index contributed by atoms with van der Waals surface area (Å²) >= 11 is 1.65. The Hall–Kier alpha value is -2.80. The van der Waals surface area contributed by atoms with Crippen LogP contribution in [0.1, 0.15) is 21.8 Å². The van der Waals surface area contributed by atoms with E-state index in [9.17, 15) is 14.9 Å². The van der Waals surface area contributed by atoms with Crippen molar-refractivity contribution in [2.24, 2.45) is 0 Å². The second kappa shape index (κ2) is 7.18. The second-order valence-electron chi connectivity index (χ2n) is 5.21. The standard InChI is InChI=1S/C17H15N3O3S/c21-17(12-6-1-3-8-14(12)20(22)23)18-11-5-10-16-19-13-7-2-4-9-15(13)24-16/h1-4,6-9H,5,10-11H2,(H,18,21). The van der Waals surface area contributed by atoms with E-state index in [-0.39, 0.29) is 11.3 Å². The fourth-order valence-corrected chi connectivity index (χ4v) is 3.40. The number of carbonyl (C=O) groups is 1. The van der Waals surface area contributed by atoms with E-state index in [0.29, 0.717) is 6.54 Å². The molecule has 24 heavy (non-hydrogen) atoms. The number of nitrogens with zero attached hydrogens (tertiary/aromatic N) is 2. The number of aromatic nitrogens is 1. The van der Waals surface area contributed by atoms with Gasteiger partial charge in [0, 0.05) is 19.0 Å². The van der Waals surface area contributed by atoms with Crippen LogP contribution in [0.25, 0.3) is 10.2 Å². The number of rotatable bonds is 6. The Labute approximate surface area is 142 Å². The highest BCUT2D eigenvalue weighted by atomic mass is 32.1. The molecule has 1 N–H and O–H groups in total. The summed E-state index contributed by atoms with van der Waals surface area (Å²) in [6, 6.07) is 13.9. The molecule has 6 nitrogen and oxygen atoms in total. The second-order valence-corrected chi connectivity index (χ2v) is 6.32. The van der Waals surface area contributed by atoms with Crippen molar-refractivity contribution in [3.8, 4) is 0 Å². The molecule has 0 bridgehead atoms. The van der Waals surface area contributed by atoms with Gasteiger partial charge in [0.2, 0.25) is 0 Å². The Morgan fingerprint density at radius 1 is 1.17 bits per heavy atom. The number of amides is 1. The summed E-state index contributed by atoms with van der Waals surface area (Å²) in [5.74, 6) is -0.424. The van der Waals surface area contributed by atoms with E-state index in [1.165, 1.54) is 12.1 Å². The van der Waals surface area contributed by atoms with Crippen LogP contribution in [0.15, 0.2) is 48.5 Å². The molecule has 1 aromatic heterocycles. The largest absolute Gasteiger partial charge is 0.352 e. The lowest BCUT2D eigenvalue weighted by atomic mass is 10.1. The highest BCUT2D eigenvalue weighted by molar-refractivity contribution is 7.18. The molecule has 0 unspecified atom stereocenters. The van der Waals surface area contributed by atoms with Crippen molar-refractivity contribution in [1.82, 2.24) is 10.3 Å². The topological polar surface area (TPSA) is 85.1 Å². The zero-order valence-electron chi connectivity index (χ0n) is 12.8. The first-order valence-corrected chi connectivity index (χ1v) is 8.33. The molecule has 0 spiro atoms. The monoisotopic (exact) mass is 341 g/mol. The molecule has 0 saturated heterocycles. The summed E-state index contributed by atoms with van der Waals surface area (Å²) in [6.07, 6.45) is 1.49. The minimum atomic E-state index is -0.546. The van der Waals surface area contributed by atoms with Crippen molar-refractivity contribution >= 4 is 33.1 Å². The van der Waals surface area contributed by atoms with Gasteiger partial charge in [-0.15, -0.1) is 11.3 Å². The van der Waals surface area contributed by atoms with Gasteiger partial charge in [-0.05, 0) is 24.6 Å². The van der Waals surface area contributed by atoms with Crippen molar-refractivity contribution in [3.63, 3.8) is 0 Å². The molecule has 0 saturated carbocycles. The van der Waals surface area contributed by atoms with E-state index in [1.807, 2.05) is 24.3 Å². The van der Waals surface area contributed by atoms with Gasteiger partial charge in [0.25, 0.3) is 11.6 Å². The van der Waals surface area contributed by atoms with Gasteiger partial charge < -0.3 is 5.32 Å². The fourth-order valence-electron chi connectivity index (χ4n) is 2.39. The minimum Gasteiger partial charge on any atom is -0.352 e. The molecule has 0 aliphatic rings. The maximum absolute atomic E-state index is 12.1. The van der Waals surface area contributed by atoms with Gasteiger partial charge in [-0.25, -0.2) is 4.98 Å².